The van der Waals surface area contributed by atoms with Crippen molar-refractivity contribution in [3.63, 3.8) is 0 Å². The molecule has 1 aromatic rings. The first-order chi connectivity index (χ1) is 8.00. The highest BCUT2D eigenvalue weighted by molar-refractivity contribution is 5.44. The Balaban J connectivity index is 2.15. The van der Waals surface area contributed by atoms with Crippen LogP contribution in [0.1, 0.15) is 32.4 Å². The van der Waals surface area contributed by atoms with E-state index in [1.807, 2.05) is 13.0 Å². The molecule has 0 radical (unpaired) electrons. The van der Waals surface area contributed by atoms with Crippen LogP contribution in [-0.2, 0) is 0 Å². The second-order valence-electron chi connectivity index (χ2n) is 5.49. The summed E-state index contributed by atoms with van der Waals surface area (Å²) in [7, 11) is 0. The minimum absolute atomic E-state index is 0.452. The number of nitrogens with two attached hydrogens (primary N) is 1. The summed E-state index contributed by atoms with van der Waals surface area (Å²) in [6, 6.07) is 2.01. The molecule has 0 bridgehead atoms. The van der Waals surface area contributed by atoms with Gasteiger partial charge in [0, 0.05) is 24.8 Å². The lowest BCUT2D eigenvalue weighted by atomic mass is 9.83. The molecular formula is C12H21N5. The van der Waals surface area contributed by atoms with Crippen molar-refractivity contribution in [1.29, 1.82) is 0 Å². The highest BCUT2D eigenvalue weighted by atomic mass is 15.3. The number of anilines is 2. The zero-order chi connectivity index (χ0) is 12.5. The Morgan fingerprint density at radius 2 is 1.94 bits per heavy atom. The van der Waals surface area contributed by atoms with Crippen LogP contribution in [0.4, 0.5) is 11.8 Å². The van der Waals surface area contributed by atoms with Gasteiger partial charge < -0.3 is 4.90 Å². The normalized spacial score (nSPS) is 19.2. The third kappa shape index (κ3) is 2.85. The molecule has 0 atom stereocenters. The monoisotopic (exact) mass is 235 g/mol. The molecule has 0 aliphatic carbocycles. The number of nitrogens with zero attached hydrogens (tertiary/aromatic N) is 3. The molecule has 2 rings (SSSR count). The van der Waals surface area contributed by atoms with Crippen molar-refractivity contribution >= 4 is 11.8 Å². The van der Waals surface area contributed by atoms with Crippen molar-refractivity contribution < 1.29 is 0 Å². The minimum Gasteiger partial charge on any atom is -0.356 e. The molecule has 0 saturated carbocycles. The van der Waals surface area contributed by atoms with E-state index in [0.29, 0.717) is 11.4 Å². The van der Waals surface area contributed by atoms with Crippen LogP contribution in [0, 0.1) is 12.3 Å². The number of nitrogen functional groups attached to an aromatic ring is 1. The Kier molecular flexibility index (Phi) is 3.19. The van der Waals surface area contributed by atoms with Crippen LogP contribution < -0.4 is 16.2 Å². The third-order valence-electron chi connectivity index (χ3n) is 3.41. The van der Waals surface area contributed by atoms with Gasteiger partial charge in [0.25, 0.3) is 0 Å². The molecule has 17 heavy (non-hydrogen) atoms. The molecule has 1 fully saturated rings. The van der Waals surface area contributed by atoms with Crippen molar-refractivity contribution in [2.45, 2.75) is 33.6 Å². The van der Waals surface area contributed by atoms with Crippen LogP contribution in [0.15, 0.2) is 6.07 Å². The van der Waals surface area contributed by atoms with E-state index < -0.39 is 0 Å². The summed E-state index contributed by atoms with van der Waals surface area (Å²) in [5.74, 6) is 6.83. The number of nitrogens with one attached hydrogen (secondary N) is 1. The molecule has 1 saturated heterocycles. The van der Waals surface area contributed by atoms with Crippen molar-refractivity contribution in [1.82, 2.24) is 9.97 Å². The first-order valence-electron chi connectivity index (χ1n) is 6.07. The van der Waals surface area contributed by atoms with Gasteiger partial charge in [0.2, 0.25) is 5.95 Å². The van der Waals surface area contributed by atoms with E-state index >= 15 is 0 Å². The van der Waals surface area contributed by atoms with E-state index in [1.54, 1.807) is 0 Å². The highest BCUT2D eigenvalue weighted by Crippen LogP contribution is 2.31. The fraction of sp³-hybridized carbons (Fsp3) is 0.667. The van der Waals surface area contributed by atoms with Crippen molar-refractivity contribution in [2.24, 2.45) is 11.3 Å². The molecule has 5 nitrogen and oxygen atoms in total. The van der Waals surface area contributed by atoms with Gasteiger partial charge in [0.1, 0.15) is 5.82 Å². The summed E-state index contributed by atoms with van der Waals surface area (Å²) in [4.78, 5) is 10.9. The highest BCUT2D eigenvalue weighted by Gasteiger charge is 2.26. The average molecular weight is 235 g/mol. The number of piperidine rings is 1. The Bertz CT molecular complexity index is 392. The predicted octanol–water partition coefficient (Wildman–Crippen LogP) is 1.70. The van der Waals surface area contributed by atoms with Crippen LogP contribution in [0.3, 0.4) is 0 Å². The molecule has 0 spiro atoms. The van der Waals surface area contributed by atoms with E-state index in [4.69, 9.17) is 5.84 Å². The number of hydrogen-bond acceptors (Lipinski definition) is 5. The van der Waals surface area contributed by atoms with Gasteiger partial charge in [0.15, 0.2) is 0 Å². The summed E-state index contributed by atoms with van der Waals surface area (Å²) in [5, 5.41) is 0. The molecule has 94 valence electrons. The molecule has 1 aliphatic heterocycles. The molecule has 1 aromatic heterocycles. The molecule has 1 aliphatic rings. The number of hydrogen-bond donors (Lipinski definition) is 2. The van der Waals surface area contributed by atoms with Crippen LogP contribution in [0.2, 0.25) is 0 Å². The SMILES string of the molecule is Cc1cc(N2CCC(C)(C)CC2)nc(NN)n1. The Hall–Kier alpha value is -1.36. The largest absolute Gasteiger partial charge is 0.356 e. The van der Waals surface area contributed by atoms with Gasteiger partial charge in [0.05, 0.1) is 0 Å². The van der Waals surface area contributed by atoms with Gasteiger partial charge in [-0.25, -0.2) is 10.8 Å². The van der Waals surface area contributed by atoms with Gasteiger partial charge in [-0.15, -0.1) is 0 Å². The van der Waals surface area contributed by atoms with Crippen molar-refractivity contribution in [2.75, 3.05) is 23.4 Å². The van der Waals surface area contributed by atoms with E-state index in [1.165, 1.54) is 12.8 Å². The number of hydrazine groups is 1. The lowest BCUT2D eigenvalue weighted by Gasteiger charge is -2.37. The van der Waals surface area contributed by atoms with Gasteiger partial charge in [-0.3, -0.25) is 5.43 Å². The third-order valence-corrected chi connectivity index (χ3v) is 3.41. The predicted molar refractivity (Wildman–Crippen MR) is 69.8 cm³/mol. The molecule has 0 unspecified atom stereocenters. The average Bonchev–Trinajstić information content (AvgIpc) is 2.28. The van der Waals surface area contributed by atoms with Crippen molar-refractivity contribution in [3.05, 3.63) is 11.8 Å². The van der Waals surface area contributed by atoms with E-state index in [9.17, 15) is 0 Å². The number of rotatable bonds is 2. The molecular weight excluding hydrogens is 214 g/mol. The van der Waals surface area contributed by atoms with E-state index in [2.05, 4.69) is 34.1 Å². The summed E-state index contributed by atoms with van der Waals surface area (Å²) in [5.41, 5.74) is 3.90. The van der Waals surface area contributed by atoms with E-state index in [0.717, 1.165) is 24.6 Å². The van der Waals surface area contributed by atoms with Crippen LogP contribution in [0.25, 0.3) is 0 Å². The summed E-state index contributed by atoms with van der Waals surface area (Å²) in [6.45, 7) is 8.70. The molecule has 0 aromatic carbocycles. The number of aromatic nitrogens is 2. The van der Waals surface area contributed by atoms with Crippen LogP contribution in [0.5, 0.6) is 0 Å². The summed E-state index contributed by atoms with van der Waals surface area (Å²) >= 11 is 0. The summed E-state index contributed by atoms with van der Waals surface area (Å²) in [6.07, 6.45) is 2.39. The van der Waals surface area contributed by atoms with Crippen LogP contribution in [-0.4, -0.2) is 23.1 Å². The fourth-order valence-corrected chi connectivity index (χ4v) is 2.12. The maximum atomic E-state index is 5.37. The second-order valence-corrected chi connectivity index (χ2v) is 5.49. The zero-order valence-corrected chi connectivity index (χ0v) is 10.8. The second kappa shape index (κ2) is 4.49. The fourth-order valence-electron chi connectivity index (χ4n) is 2.12. The maximum Gasteiger partial charge on any atom is 0.239 e. The van der Waals surface area contributed by atoms with Gasteiger partial charge in [-0.05, 0) is 25.2 Å². The molecule has 2 heterocycles. The minimum atomic E-state index is 0.452. The first kappa shape index (κ1) is 12.1. The Morgan fingerprint density at radius 3 is 2.53 bits per heavy atom. The smallest absolute Gasteiger partial charge is 0.239 e. The Labute approximate surface area is 102 Å². The molecule has 0 amide bonds. The molecule has 3 N–H and O–H groups in total. The summed E-state index contributed by atoms with van der Waals surface area (Å²) < 4.78 is 0. The lowest BCUT2D eigenvalue weighted by molar-refractivity contribution is 0.279. The van der Waals surface area contributed by atoms with Crippen LogP contribution >= 0.6 is 0 Å². The Morgan fingerprint density at radius 1 is 1.29 bits per heavy atom. The van der Waals surface area contributed by atoms with Gasteiger partial charge in [-0.2, -0.15) is 4.98 Å². The lowest BCUT2D eigenvalue weighted by Crippen LogP contribution is -2.38. The number of aryl methyl sites for hydroxylation is 1. The first-order valence-corrected chi connectivity index (χ1v) is 6.07. The topological polar surface area (TPSA) is 67.1 Å². The zero-order valence-electron chi connectivity index (χ0n) is 10.8. The van der Waals surface area contributed by atoms with Crippen molar-refractivity contribution in [3.8, 4) is 0 Å². The van der Waals surface area contributed by atoms with Gasteiger partial charge in [-0.1, -0.05) is 13.8 Å². The van der Waals surface area contributed by atoms with E-state index in [-0.39, 0.29) is 0 Å². The molecule has 5 heteroatoms. The quantitative estimate of drug-likeness (QED) is 0.603. The van der Waals surface area contributed by atoms with Gasteiger partial charge >= 0.3 is 0 Å². The maximum absolute atomic E-state index is 5.37. The standard InChI is InChI=1S/C12H21N5/c1-9-8-10(15-11(14-9)16-13)17-6-4-12(2,3)5-7-17/h8H,4-7,13H2,1-3H3,(H,14,15,16).